The van der Waals surface area contributed by atoms with Gasteiger partial charge in [-0.1, -0.05) is 51.5 Å². The van der Waals surface area contributed by atoms with Gasteiger partial charge in [0.1, 0.15) is 0 Å². The highest BCUT2D eigenvalue weighted by molar-refractivity contribution is 5.91. The zero-order valence-electron chi connectivity index (χ0n) is 14.0. The SMILES string of the molecule is CCCCCCCCCNC(=O)/C=C/c1ccc2c(c1)OCO2. The van der Waals surface area contributed by atoms with Gasteiger partial charge in [0.05, 0.1) is 0 Å². The molecule has 0 bridgehead atoms. The Kier molecular flexibility index (Phi) is 7.50. The van der Waals surface area contributed by atoms with E-state index in [-0.39, 0.29) is 12.7 Å². The summed E-state index contributed by atoms with van der Waals surface area (Å²) in [7, 11) is 0. The molecule has 0 radical (unpaired) electrons. The second kappa shape index (κ2) is 9.93. The summed E-state index contributed by atoms with van der Waals surface area (Å²) in [5.74, 6) is 1.44. The van der Waals surface area contributed by atoms with E-state index in [1.54, 1.807) is 12.2 Å². The molecular formula is C19H27NO3. The lowest BCUT2D eigenvalue weighted by Gasteiger charge is -2.03. The molecule has 1 aliphatic rings. The van der Waals surface area contributed by atoms with E-state index < -0.39 is 0 Å². The van der Waals surface area contributed by atoms with Crippen LogP contribution in [0.3, 0.4) is 0 Å². The number of ether oxygens (including phenoxy) is 2. The van der Waals surface area contributed by atoms with E-state index in [0.717, 1.165) is 30.0 Å². The molecule has 0 unspecified atom stereocenters. The van der Waals surface area contributed by atoms with Gasteiger partial charge in [-0.05, 0) is 30.2 Å². The van der Waals surface area contributed by atoms with Crippen LogP contribution in [0.4, 0.5) is 0 Å². The van der Waals surface area contributed by atoms with Crippen LogP contribution < -0.4 is 14.8 Å². The zero-order valence-corrected chi connectivity index (χ0v) is 14.0. The minimum Gasteiger partial charge on any atom is -0.454 e. The molecule has 1 aromatic carbocycles. The monoisotopic (exact) mass is 317 g/mol. The quantitative estimate of drug-likeness (QED) is 0.517. The normalized spacial score (nSPS) is 12.7. The van der Waals surface area contributed by atoms with E-state index >= 15 is 0 Å². The van der Waals surface area contributed by atoms with Gasteiger partial charge < -0.3 is 14.8 Å². The molecule has 1 amide bonds. The van der Waals surface area contributed by atoms with Crippen LogP contribution in [-0.4, -0.2) is 19.2 Å². The summed E-state index contributed by atoms with van der Waals surface area (Å²) >= 11 is 0. The summed E-state index contributed by atoms with van der Waals surface area (Å²) in [6.07, 6.45) is 12.1. The lowest BCUT2D eigenvalue weighted by Crippen LogP contribution is -2.21. The Morgan fingerprint density at radius 1 is 1.09 bits per heavy atom. The minimum absolute atomic E-state index is 0.0475. The summed E-state index contributed by atoms with van der Waals surface area (Å²) in [5, 5.41) is 2.93. The highest BCUT2D eigenvalue weighted by Gasteiger charge is 2.12. The first-order chi connectivity index (χ1) is 11.3. The van der Waals surface area contributed by atoms with Crippen LogP contribution in [0.1, 0.15) is 57.4 Å². The molecule has 0 aliphatic carbocycles. The van der Waals surface area contributed by atoms with Gasteiger partial charge in [0.15, 0.2) is 11.5 Å². The largest absolute Gasteiger partial charge is 0.454 e. The van der Waals surface area contributed by atoms with E-state index in [0.29, 0.717) is 0 Å². The lowest BCUT2D eigenvalue weighted by molar-refractivity contribution is -0.116. The summed E-state index contributed by atoms with van der Waals surface area (Å²) in [4.78, 5) is 11.8. The van der Waals surface area contributed by atoms with Crippen molar-refractivity contribution in [1.82, 2.24) is 5.32 Å². The summed E-state index contributed by atoms with van der Waals surface area (Å²) in [6.45, 7) is 3.24. The molecule has 2 rings (SSSR count). The number of carbonyl (C=O) groups excluding carboxylic acids is 1. The molecule has 0 aromatic heterocycles. The first-order valence-electron chi connectivity index (χ1n) is 8.65. The fraction of sp³-hybridized carbons (Fsp3) is 0.526. The van der Waals surface area contributed by atoms with Crippen LogP contribution >= 0.6 is 0 Å². The number of hydrogen-bond acceptors (Lipinski definition) is 3. The van der Waals surface area contributed by atoms with Gasteiger partial charge in [-0.3, -0.25) is 4.79 Å². The Bertz CT molecular complexity index is 525. The van der Waals surface area contributed by atoms with E-state index in [9.17, 15) is 4.79 Å². The molecule has 1 aromatic rings. The molecule has 1 aliphatic heterocycles. The first kappa shape index (κ1) is 17.4. The van der Waals surface area contributed by atoms with Crippen molar-refractivity contribution in [3.8, 4) is 11.5 Å². The van der Waals surface area contributed by atoms with Crippen molar-refractivity contribution in [3.05, 3.63) is 29.8 Å². The summed E-state index contributed by atoms with van der Waals surface area (Å²) in [6, 6.07) is 5.65. The minimum atomic E-state index is -0.0475. The third kappa shape index (κ3) is 6.35. The molecule has 23 heavy (non-hydrogen) atoms. The van der Waals surface area contributed by atoms with Crippen molar-refractivity contribution in [2.75, 3.05) is 13.3 Å². The van der Waals surface area contributed by atoms with Crippen LogP contribution in [0.5, 0.6) is 11.5 Å². The predicted molar refractivity (Wildman–Crippen MR) is 92.6 cm³/mol. The lowest BCUT2D eigenvalue weighted by atomic mass is 10.1. The van der Waals surface area contributed by atoms with E-state index in [1.165, 1.54) is 38.5 Å². The molecule has 0 saturated heterocycles. The number of hydrogen-bond donors (Lipinski definition) is 1. The first-order valence-corrected chi connectivity index (χ1v) is 8.65. The van der Waals surface area contributed by atoms with Gasteiger partial charge in [-0.15, -0.1) is 0 Å². The standard InChI is InChI=1S/C19H27NO3/c1-2-3-4-5-6-7-8-13-20-19(21)12-10-16-9-11-17-18(14-16)23-15-22-17/h9-12,14H,2-8,13,15H2,1H3,(H,20,21)/b12-10+. The molecule has 0 saturated carbocycles. The van der Waals surface area contributed by atoms with Crippen LogP contribution in [0.2, 0.25) is 0 Å². The van der Waals surface area contributed by atoms with Crippen molar-refractivity contribution in [1.29, 1.82) is 0 Å². The Morgan fingerprint density at radius 3 is 2.65 bits per heavy atom. The number of benzene rings is 1. The smallest absolute Gasteiger partial charge is 0.243 e. The summed E-state index contributed by atoms with van der Waals surface area (Å²) < 4.78 is 10.6. The van der Waals surface area contributed by atoms with Gasteiger partial charge in [0.2, 0.25) is 12.7 Å². The molecule has 1 N–H and O–H groups in total. The van der Waals surface area contributed by atoms with Gasteiger partial charge >= 0.3 is 0 Å². The molecule has 0 spiro atoms. The fourth-order valence-electron chi connectivity index (χ4n) is 2.54. The maximum absolute atomic E-state index is 11.8. The van der Waals surface area contributed by atoms with Crippen molar-refractivity contribution >= 4 is 12.0 Å². The number of fused-ring (bicyclic) bond motifs is 1. The predicted octanol–water partition coefficient (Wildman–Crippen LogP) is 4.30. The maximum Gasteiger partial charge on any atom is 0.243 e. The molecular weight excluding hydrogens is 290 g/mol. The molecule has 1 heterocycles. The average Bonchev–Trinajstić information content (AvgIpc) is 3.03. The average molecular weight is 317 g/mol. The van der Waals surface area contributed by atoms with Gasteiger partial charge in [0.25, 0.3) is 0 Å². The zero-order chi connectivity index (χ0) is 16.3. The number of amides is 1. The van der Waals surface area contributed by atoms with Crippen LogP contribution in [0, 0.1) is 0 Å². The van der Waals surface area contributed by atoms with Crippen molar-refractivity contribution < 1.29 is 14.3 Å². The summed E-state index contributed by atoms with van der Waals surface area (Å²) in [5.41, 5.74) is 0.931. The Balaban J connectivity index is 1.59. The fourth-order valence-corrected chi connectivity index (χ4v) is 2.54. The van der Waals surface area contributed by atoms with Gasteiger partial charge in [-0.25, -0.2) is 0 Å². The topological polar surface area (TPSA) is 47.6 Å². The Morgan fingerprint density at radius 2 is 1.83 bits per heavy atom. The highest BCUT2D eigenvalue weighted by Crippen LogP contribution is 2.32. The Labute approximate surface area is 138 Å². The number of rotatable bonds is 10. The van der Waals surface area contributed by atoms with E-state index in [4.69, 9.17) is 9.47 Å². The maximum atomic E-state index is 11.8. The van der Waals surface area contributed by atoms with Crippen molar-refractivity contribution in [2.24, 2.45) is 0 Å². The van der Waals surface area contributed by atoms with Crippen molar-refractivity contribution in [2.45, 2.75) is 51.9 Å². The second-order valence-corrected chi connectivity index (χ2v) is 5.86. The Hall–Kier alpha value is -1.97. The second-order valence-electron chi connectivity index (χ2n) is 5.86. The third-order valence-corrected chi connectivity index (χ3v) is 3.90. The van der Waals surface area contributed by atoms with E-state index in [1.807, 2.05) is 18.2 Å². The molecule has 126 valence electrons. The number of nitrogens with one attached hydrogen (secondary N) is 1. The number of unbranched alkanes of at least 4 members (excludes halogenated alkanes) is 6. The third-order valence-electron chi connectivity index (χ3n) is 3.90. The molecule has 0 atom stereocenters. The number of carbonyl (C=O) groups is 1. The highest BCUT2D eigenvalue weighted by atomic mass is 16.7. The van der Waals surface area contributed by atoms with Gasteiger partial charge in [-0.2, -0.15) is 0 Å². The van der Waals surface area contributed by atoms with Crippen molar-refractivity contribution in [3.63, 3.8) is 0 Å². The molecule has 4 nitrogen and oxygen atoms in total. The van der Waals surface area contributed by atoms with E-state index in [2.05, 4.69) is 12.2 Å². The molecule has 0 fully saturated rings. The molecule has 4 heteroatoms. The van der Waals surface area contributed by atoms with Crippen LogP contribution in [0.15, 0.2) is 24.3 Å². The van der Waals surface area contributed by atoms with Gasteiger partial charge in [0, 0.05) is 12.6 Å². The van der Waals surface area contributed by atoms with Crippen LogP contribution in [-0.2, 0) is 4.79 Å². The van der Waals surface area contributed by atoms with Crippen LogP contribution in [0.25, 0.3) is 6.08 Å².